The Balaban J connectivity index is 1.49. The maximum atomic E-state index is 12.8. The predicted octanol–water partition coefficient (Wildman–Crippen LogP) is 3.28. The van der Waals surface area contributed by atoms with Crippen LogP contribution in [0.25, 0.3) is 11.3 Å². The van der Waals surface area contributed by atoms with Gasteiger partial charge in [0.25, 0.3) is 5.56 Å². The average Bonchev–Trinajstić information content (AvgIpc) is 2.74. The van der Waals surface area contributed by atoms with Crippen molar-refractivity contribution in [2.45, 2.75) is 25.7 Å². The van der Waals surface area contributed by atoms with Crippen LogP contribution in [0.4, 0.5) is 13.2 Å². The number of nitrogens with zero attached hydrogens (tertiary/aromatic N) is 4. The topological polar surface area (TPSA) is 85.7 Å². The van der Waals surface area contributed by atoms with Crippen LogP contribution in [0.3, 0.4) is 0 Å². The number of H-pyrrole nitrogens is 1. The number of aromatic amines is 1. The number of aromatic nitrogens is 3. The van der Waals surface area contributed by atoms with Gasteiger partial charge in [-0.3, -0.25) is 14.7 Å². The molecule has 0 atom stereocenters. The predicted molar refractivity (Wildman–Crippen MR) is 102 cm³/mol. The molecule has 1 aliphatic heterocycles. The van der Waals surface area contributed by atoms with E-state index in [-0.39, 0.29) is 24.2 Å². The second kappa shape index (κ2) is 7.72. The van der Waals surface area contributed by atoms with E-state index in [1.54, 1.807) is 24.4 Å². The molecular weight excluding hydrogens is 395 g/mol. The van der Waals surface area contributed by atoms with E-state index >= 15 is 0 Å². The van der Waals surface area contributed by atoms with E-state index in [2.05, 4.69) is 16.0 Å². The van der Waals surface area contributed by atoms with Crippen molar-refractivity contribution in [3.8, 4) is 17.3 Å². The van der Waals surface area contributed by atoms with E-state index in [0.717, 1.165) is 16.8 Å². The van der Waals surface area contributed by atoms with Gasteiger partial charge in [-0.05, 0) is 23.8 Å². The van der Waals surface area contributed by atoms with Gasteiger partial charge in [-0.15, -0.1) is 0 Å². The van der Waals surface area contributed by atoms with Crippen molar-refractivity contribution in [1.82, 2.24) is 19.9 Å². The first kappa shape index (κ1) is 19.8. The number of nitrogens with one attached hydrogen (secondary N) is 1. The normalized spacial score (nSPS) is 14.2. The summed E-state index contributed by atoms with van der Waals surface area (Å²) in [5.41, 5.74) is 2.77. The van der Waals surface area contributed by atoms with Gasteiger partial charge in [-0.1, -0.05) is 18.2 Å². The molecular formula is C21H16F3N5O. The standard InChI is InChI=1S/C21H16F3N5O/c22-21(23,24)20-27-18-6-7-29(12-16(18)19(30)28-20)11-14-4-5-17(26-10-14)15-3-1-2-13(8-15)9-25/h1-5,8,10H,6-7,11-12H2,(H,27,28,30). The number of benzene rings is 1. The molecule has 2 aromatic heterocycles. The molecule has 152 valence electrons. The summed E-state index contributed by atoms with van der Waals surface area (Å²) in [6.45, 7) is 1.22. The first-order valence-electron chi connectivity index (χ1n) is 9.20. The van der Waals surface area contributed by atoms with Crippen LogP contribution in [0.1, 0.15) is 28.2 Å². The Hall–Kier alpha value is -3.51. The molecule has 4 rings (SSSR count). The van der Waals surface area contributed by atoms with Crippen LogP contribution in [0.5, 0.6) is 0 Å². The first-order valence-corrected chi connectivity index (χ1v) is 9.20. The molecule has 0 unspecified atom stereocenters. The SMILES string of the molecule is N#Cc1cccc(-c2ccc(CN3CCc4nc(C(F)(F)F)[nH]c(=O)c4C3)cn2)c1. The minimum absolute atomic E-state index is 0.202. The van der Waals surface area contributed by atoms with Gasteiger partial charge in [-0.2, -0.15) is 18.4 Å². The first-order chi connectivity index (χ1) is 14.3. The van der Waals surface area contributed by atoms with Crippen LogP contribution >= 0.6 is 0 Å². The summed E-state index contributed by atoms with van der Waals surface area (Å²) in [4.78, 5) is 24.0. The molecule has 1 N–H and O–H groups in total. The number of nitriles is 1. The molecule has 1 aliphatic rings. The molecule has 30 heavy (non-hydrogen) atoms. The highest BCUT2D eigenvalue weighted by Crippen LogP contribution is 2.27. The number of halogens is 3. The highest BCUT2D eigenvalue weighted by molar-refractivity contribution is 5.61. The molecule has 1 aromatic carbocycles. The summed E-state index contributed by atoms with van der Waals surface area (Å²) in [7, 11) is 0. The van der Waals surface area contributed by atoms with Crippen molar-refractivity contribution in [2.24, 2.45) is 0 Å². The highest BCUT2D eigenvalue weighted by Gasteiger charge is 2.35. The van der Waals surface area contributed by atoms with Crippen molar-refractivity contribution < 1.29 is 13.2 Å². The van der Waals surface area contributed by atoms with Crippen LogP contribution in [-0.2, 0) is 25.7 Å². The largest absolute Gasteiger partial charge is 0.449 e. The van der Waals surface area contributed by atoms with Crippen molar-refractivity contribution >= 4 is 0 Å². The lowest BCUT2D eigenvalue weighted by atomic mass is 10.1. The lowest BCUT2D eigenvalue weighted by molar-refractivity contribution is -0.145. The van der Waals surface area contributed by atoms with Gasteiger partial charge in [0, 0.05) is 37.8 Å². The molecule has 6 nitrogen and oxygen atoms in total. The second-order valence-electron chi connectivity index (χ2n) is 7.04. The van der Waals surface area contributed by atoms with Crippen molar-refractivity contribution in [1.29, 1.82) is 5.26 Å². The minimum atomic E-state index is -4.68. The summed E-state index contributed by atoms with van der Waals surface area (Å²) >= 11 is 0. The molecule has 0 amide bonds. The zero-order valence-corrected chi connectivity index (χ0v) is 15.7. The maximum absolute atomic E-state index is 12.8. The third-order valence-corrected chi connectivity index (χ3v) is 4.93. The molecule has 0 saturated heterocycles. The Morgan fingerprint density at radius 3 is 2.77 bits per heavy atom. The Bertz CT molecular complexity index is 1180. The molecule has 0 fully saturated rings. The third kappa shape index (κ3) is 4.09. The Kier molecular flexibility index (Phi) is 5.10. The summed E-state index contributed by atoms with van der Waals surface area (Å²) < 4.78 is 38.5. The monoisotopic (exact) mass is 411 g/mol. The Labute approximate surface area is 169 Å². The average molecular weight is 411 g/mol. The molecule has 3 aromatic rings. The fourth-order valence-corrected chi connectivity index (χ4v) is 3.45. The van der Waals surface area contributed by atoms with Crippen LogP contribution in [0, 0.1) is 11.3 Å². The van der Waals surface area contributed by atoms with E-state index in [9.17, 15) is 18.0 Å². The maximum Gasteiger partial charge on any atom is 0.449 e. The molecule has 9 heteroatoms. The number of hydrogen-bond acceptors (Lipinski definition) is 5. The van der Waals surface area contributed by atoms with E-state index in [0.29, 0.717) is 18.7 Å². The quantitative estimate of drug-likeness (QED) is 0.715. The van der Waals surface area contributed by atoms with Crippen molar-refractivity contribution in [3.05, 3.63) is 81.2 Å². The zero-order chi connectivity index (χ0) is 21.3. The lowest BCUT2D eigenvalue weighted by Crippen LogP contribution is -2.36. The van der Waals surface area contributed by atoms with Crippen molar-refractivity contribution in [2.75, 3.05) is 6.54 Å². The zero-order valence-electron chi connectivity index (χ0n) is 15.7. The molecule has 3 heterocycles. The fraction of sp³-hybridized carbons (Fsp3) is 0.238. The number of alkyl halides is 3. The second-order valence-corrected chi connectivity index (χ2v) is 7.04. The van der Waals surface area contributed by atoms with Gasteiger partial charge < -0.3 is 4.98 Å². The van der Waals surface area contributed by atoms with E-state index in [1.807, 2.05) is 28.1 Å². The summed E-state index contributed by atoms with van der Waals surface area (Å²) in [5.74, 6) is -1.25. The minimum Gasteiger partial charge on any atom is -0.303 e. The summed E-state index contributed by atoms with van der Waals surface area (Å²) in [6.07, 6.45) is -2.68. The Morgan fingerprint density at radius 1 is 1.23 bits per heavy atom. The van der Waals surface area contributed by atoms with Gasteiger partial charge in [0.15, 0.2) is 0 Å². The van der Waals surface area contributed by atoms with E-state index in [4.69, 9.17) is 5.26 Å². The number of pyridine rings is 1. The smallest absolute Gasteiger partial charge is 0.303 e. The Morgan fingerprint density at radius 2 is 2.07 bits per heavy atom. The van der Waals surface area contributed by atoms with E-state index in [1.165, 1.54) is 0 Å². The van der Waals surface area contributed by atoms with Gasteiger partial charge in [0.1, 0.15) is 0 Å². The highest BCUT2D eigenvalue weighted by atomic mass is 19.4. The van der Waals surface area contributed by atoms with E-state index < -0.39 is 17.6 Å². The molecule has 0 radical (unpaired) electrons. The molecule has 0 spiro atoms. The molecule has 0 aliphatic carbocycles. The van der Waals surface area contributed by atoms with Crippen molar-refractivity contribution in [3.63, 3.8) is 0 Å². The summed E-state index contributed by atoms with van der Waals surface area (Å²) in [5, 5.41) is 9.02. The van der Waals surface area contributed by atoms with Crippen LogP contribution in [-0.4, -0.2) is 26.4 Å². The van der Waals surface area contributed by atoms with Gasteiger partial charge >= 0.3 is 6.18 Å². The van der Waals surface area contributed by atoms with Crippen LogP contribution in [0.2, 0.25) is 0 Å². The third-order valence-electron chi connectivity index (χ3n) is 4.93. The lowest BCUT2D eigenvalue weighted by Gasteiger charge is -2.27. The number of fused-ring (bicyclic) bond motifs is 1. The van der Waals surface area contributed by atoms with Crippen LogP contribution in [0.15, 0.2) is 47.4 Å². The fourth-order valence-electron chi connectivity index (χ4n) is 3.45. The van der Waals surface area contributed by atoms with Gasteiger partial charge in [0.05, 0.1) is 28.6 Å². The summed E-state index contributed by atoms with van der Waals surface area (Å²) in [6, 6.07) is 13.0. The van der Waals surface area contributed by atoms with Gasteiger partial charge in [-0.25, -0.2) is 4.98 Å². The van der Waals surface area contributed by atoms with Crippen LogP contribution < -0.4 is 5.56 Å². The van der Waals surface area contributed by atoms with Gasteiger partial charge in [0.2, 0.25) is 5.82 Å². The number of hydrogen-bond donors (Lipinski definition) is 1. The molecule has 0 bridgehead atoms. The number of rotatable bonds is 3. The molecule has 0 saturated carbocycles.